The normalized spacial score (nSPS) is 12.4. The Morgan fingerprint density at radius 2 is 1.36 bits per heavy atom. The smallest absolute Gasteiger partial charge is 0.0629 e. The molecule has 0 fully saturated rings. The number of anilines is 2. The molecule has 1 N–H and O–H groups in total. The summed E-state index contributed by atoms with van der Waals surface area (Å²) in [4.78, 5) is 8.96. The number of nitrogens with zero attached hydrogens (tertiary/aromatic N) is 2. The van der Waals surface area contributed by atoms with Gasteiger partial charge in [-0.2, -0.15) is 0 Å². The van der Waals surface area contributed by atoms with Crippen LogP contribution in [0.15, 0.2) is 140 Å². The van der Waals surface area contributed by atoms with Crippen molar-refractivity contribution >= 4 is 11.4 Å². The Hall–Kier alpha value is -5.15. The van der Waals surface area contributed by atoms with Crippen LogP contribution in [0, 0.1) is 32.9 Å². The molecule has 3 heterocycles. The maximum atomic E-state index is 8.34. The molecule has 8 rings (SSSR count). The number of benzene rings is 5. The van der Waals surface area contributed by atoms with Crippen molar-refractivity contribution in [3.63, 3.8) is 0 Å². The monoisotopic (exact) mass is 789 g/mol. The second-order valence-electron chi connectivity index (χ2n) is 11.2. The van der Waals surface area contributed by atoms with Gasteiger partial charge in [-0.1, -0.05) is 90.4 Å². The van der Waals surface area contributed by atoms with Gasteiger partial charge in [-0.05, 0) is 77.3 Å². The predicted octanol–water partition coefficient (Wildman–Crippen LogP) is 11.1. The molecule has 0 saturated carbocycles. The largest absolute Gasteiger partial charge is 0.394 e. The molecule has 47 heavy (non-hydrogen) atoms. The summed E-state index contributed by atoms with van der Waals surface area (Å²) in [6.07, 6.45) is 3.46. The number of nitrogens with one attached hydrogen (secondary N) is 1. The van der Waals surface area contributed by atoms with E-state index in [0.717, 1.165) is 50.4 Å². The predicted molar refractivity (Wildman–Crippen MR) is 191 cm³/mol. The Labute approximate surface area is 297 Å². The Morgan fingerprint density at radius 1 is 0.617 bits per heavy atom. The zero-order valence-electron chi connectivity index (χ0n) is 31.1. The number of pyridine rings is 2. The molecule has 0 saturated heterocycles. The molecule has 0 spiro atoms. The first-order valence-corrected chi connectivity index (χ1v) is 15.1. The zero-order valence-corrected chi connectivity index (χ0v) is 28.5. The summed E-state index contributed by atoms with van der Waals surface area (Å²) in [5.74, 6) is 0. The first-order valence-electron chi connectivity index (χ1n) is 17.6. The molecule has 7 aromatic rings. The number of aromatic nitrogens is 2. The molecule has 0 aliphatic carbocycles. The summed E-state index contributed by atoms with van der Waals surface area (Å²) in [6.45, 7) is 6.04. The number of fused-ring (bicyclic) bond motifs is 6. The molecule has 0 atom stereocenters. The quantitative estimate of drug-likeness (QED) is 0.181. The fourth-order valence-corrected chi connectivity index (χ4v) is 5.69. The third kappa shape index (κ3) is 6.71. The summed E-state index contributed by atoms with van der Waals surface area (Å²) >= 11 is 0. The Bertz CT molecular complexity index is 2400. The van der Waals surface area contributed by atoms with Gasteiger partial charge in [0.15, 0.2) is 0 Å². The van der Waals surface area contributed by atoms with Crippen molar-refractivity contribution in [3.05, 3.63) is 168 Å². The molecule has 5 aromatic carbocycles. The number of rotatable bonds is 3. The van der Waals surface area contributed by atoms with Gasteiger partial charge in [0.1, 0.15) is 0 Å². The summed E-state index contributed by atoms with van der Waals surface area (Å²) in [5.41, 5.74) is 13.8. The number of hydrogen-bond donors (Lipinski definition) is 1. The maximum Gasteiger partial charge on any atom is 0.0629 e. The Balaban J connectivity index is 0.000000279. The van der Waals surface area contributed by atoms with Crippen LogP contribution < -0.4 is 5.32 Å². The van der Waals surface area contributed by atoms with Crippen LogP contribution in [-0.4, -0.2) is 9.97 Å². The van der Waals surface area contributed by atoms with Gasteiger partial charge in [0.05, 0.1) is 6.85 Å². The number of aryl methyl sites for hydroxylation is 2. The van der Waals surface area contributed by atoms with E-state index in [1.807, 2.05) is 74.6 Å². The molecule has 2 aromatic heterocycles. The van der Waals surface area contributed by atoms with Gasteiger partial charge in [0, 0.05) is 49.3 Å². The molecule has 1 radical (unpaired) electrons. The van der Waals surface area contributed by atoms with Gasteiger partial charge in [-0.3, -0.25) is 0 Å². The fourth-order valence-electron chi connectivity index (χ4n) is 5.69. The van der Waals surface area contributed by atoms with Crippen molar-refractivity contribution in [1.29, 1.82) is 0 Å². The first-order chi connectivity index (χ1) is 24.6. The van der Waals surface area contributed by atoms with Crippen molar-refractivity contribution in [2.24, 2.45) is 0 Å². The molecule has 3 nitrogen and oxygen atoms in total. The van der Waals surface area contributed by atoms with Crippen LogP contribution in [0.2, 0.25) is 0 Å². The van der Waals surface area contributed by atoms with Crippen LogP contribution in [0.1, 0.15) is 23.5 Å². The molecule has 1 aliphatic rings. The van der Waals surface area contributed by atoms with Gasteiger partial charge in [-0.15, -0.1) is 59.7 Å². The minimum absolute atomic E-state index is 0. The van der Waals surface area contributed by atoms with Gasteiger partial charge >= 0.3 is 0 Å². The molecular formula is C43H33IrN3-2. The minimum Gasteiger partial charge on any atom is -0.394 e. The average Bonchev–Trinajstić information content (AvgIpc) is 3.15. The Morgan fingerprint density at radius 3 is 2.11 bits per heavy atom. The van der Waals surface area contributed by atoms with Crippen molar-refractivity contribution in [2.75, 3.05) is 5.32 Å². The first kappa shape index (κ1) is 26.0. The van der Waals surface area contributed by atoms with Gasteiger partial charge in [-0.25, -0.2) is 0 Å². The summed E-state index contributed by atoms with van der Waals surface area (Å²) in [7, 11) is 0. The van der Waals surface area contributed by atoms with Crippen LogP contribution in [0.3, 0.4) is 0 Å². The van der Waals surface area contributed by atoms with Crippen molar-refractivity contribution < 1.29 is 27.0 Å². The maximum absolute atomic E-state index is 8.34. The summed E-state index contributed by atoms with van der Waals surface area (Å²) < 4.78 is 40.6. The molecule has 231 valence electrons. The van der Waals surface area contributed by atoms with E-state index >= 15 is 0 Å². The van der Waals surface area contributed by atoms with Gasteiger partial charge < -0.3 is 15.3 Å². The van der Waals surface area contributed by atoms with E-state index in [1.165, 1.54) is 16.7 Å². The van der Waals surface area contributed by atoms with E-state index in [4.69, 9.17) is 6.85 Å². The summed E-state index contributed by atoms with van der Waals surface area (Å²) in [5, 5.41) is 3.59. The second-order valence-corrected chi connectivity index (χ2v) is 11.2. The average molecular weight is 789 g/mol. The standard InChI is InChI=1S/C31H23N2.C12H10N.Ir/c1-20-17-31(32-19-28(20)22-9-4-3-5-10-22)23-15-16-30-27(18-23)25-13-8-12-24(21(25)2)26-11-6-7-14-29(26)33-30;1-10-7-8-12(13-9-10)11-5-3-2-4-6-11;/h3-14,16-19,33H,1-2H3;2-5,7-9H,1H3;/q2*-1;/i3D,4D,5D,9D,10D;;. The Kier molecular flexibility index (Phi) is 7.79. The van der Waals surface area contributed by atoms with E-state index in [9.17, 15) is 0 Å². The third-order valence-corrected chi connectivity index (χ3v) is 8.11. The molecule has 4 heteroatoms. The minimum atomic E-state index is -0.406. The van der Waals surface area contributed by atoms with E-state index in [0.29, 0.717) is 11.3 Å². The summed E-state index contributed by atoms with van der Waals surface area (Å²) in [6, 6.07) is 37.4. The molecule has 2 bridgehead atoms. The van der Waals surface area contributed by atoms with Crippen LogP contribution in [0.4, 0.5) is 11.4 Å². The molecule has 0 amide bonds. The van der Waals surface area contributed by atoms with Crippen molar-refractivity contribution in [1.82, 2.24) is 9.97 Å². The molecule has 1 aliphatic heterocycles. The third-order valence-electron chi connectivity index (χ3n) is 8.11. The van der Waals surface area contributed by atoms with Crippen molar-refractivity contribution in [3.8, 4) is 55.9 Å². The van der Waals surface area contributed by atoms with Gasteiger partial charge in [0.25, 0.3) is 0 Å². The van der Waals surface area contributed by atoms with E-state index in [2.05, 4.69) is 76.8 Å². The van der Waals surface area contributed by atoms with E-state index in [-0.39, 0.29) is 49.8 Å². The van der Waals surface area contributed by atoms with E-state index < -0.39 is 6.04 Å². The van der Waals surface area contributed by atoms with Crippen LogP contribution >= 0.6 is 0 Å². The topological polar surface area (TPSA) is 37.8 Å². The zero-order chi connectivity index (χ0) is 35.8. The molecular weight excluding hydrogens is 751 g/mol. The fraction of sp³-hybridized carbons (Fsp3) is 0.0698. The number of para-hydroxylation sites is 1. The van der Waals surface area contributed by atoms with Crippen LogP contribution in [-0.2, 0) is 20.1 Å². The second kappa shape index (κ2) is 14.1. The van der Waals surface area contributed by atoms with E-state index in [1.54, 1.807) is 6.20 Å². The van der Waals surface area contributed by atoms with Crippen LogP contribution in [0.5, 0.6) is 0 Å². The van der Waals surface area contributed by atoms with Crippen molar-refractivity contribution in [2.45, 2.75) is 20.8 Å². The number of hydrogen-bond acceptors (Lipinski definition) is 3. The van der Waals surface area contributed by atoms with Gasteiger partial charge in [0.2, 0.25) is 0 Å². The molecule has 0 unspecified atom stereocenters. The SMILES string of the molecule is Cc1ccc(-c2[c-]cccc2)nc1.[2H]c1c([2H])c([2H])c(-c2cnc(-c3[c-]cc4c(c3)-c3cccc(c3C)-c3ccccc3N4)cc2C)c([2H])c1[2H].[Ir]. The van der Waals surface area contributed by atoms with Crippen LogP contribution in [0.25, 0.3) is 55.9 Å².